The molecule has 1 aliphatic heterocycles. The highest BCUT2D eigenvalue weighted by molar-refractivity contribution is 7.10. The predicted octanol–water partition coefficient (Wildman–Crippen LogP) is 0.455. The van der Waals surface area contributed by atoms with Crippen molar-refractivity contribution in [1.82, 2.24) is 0 Å². The molecule has 0 spiro atoms. The van der Waals surface area contributed by atoms with Crippen LogP contribution in [-0.4, -0.2) is 0 Å². The van der Waals surface area contributed by atoms with E-state index in [-0.39, 0.29) is 0 Å². The van der Waals surface area contributed by atoms with Crippen molar-refractivity contribution in [3.63, 3.8) is 0 Å². The van der Waals surface area contributed by atoms with Crippen LogP contribution in [0.15, 0.2) is 34.6 Å². The van der Waals surface area contributed by atoms with Gasteiger partial charge >= 0.3 is 0 Å². The van der Waals surface area contributed by atoms with Crippen molar-refractivity contribution in [2.24, 2.45) is 16.5 Å². The van der Waals surface area contributed by atoms with Gasteiger partial charge in [-0.15, -0.1) is 11.3 Å². The molecule has 4 heteroatoms. The minimum atomic E-state index is 0.494. The lowest BCUT2D eigenvalue weighted by Gasteiger charge is -2.00. The molecule has 17 heavy (non-hydrogen) atoms. The van der Waals surface area contributed by atoms with Crippen molar-refractivity contribution in [1.29, 1.82) is 0 Å². The molecular formula is C13H13N3S. The first-order valence-corrected chi connectivity index (χ1v) is 6.38. The number of hydrogen-bond acceptors (Lipinski definition) is 4. The average molecular weight is 243 g/mol. The Morgan fingerprint density at radius 2 is 2.18 bits per heavy atom. The Morgan fingerprint density at radius 1 is 1.29 bits per heavy atom. The second kappa shape index (κ2) is 3.98. The van der Waals surface area contributed by atoms with E-state index < -0.39 is 0 Å². The van der Waals surface area contributed by atoms with Gasteiger partial charge in [0.1, 0.15) is 0 Å². The summed E-state index contributed by atoms with van der Waals surface area (Å²) in [5.41, 5.74) is 15.0. The molecule has 0 fully saturated rings. The molecule has 2 heterocycles. The quantitative estimate of drug-likeness (QED) is 0.764. The van der Waals surface area contributed by atoms with Crippen molar-refractivity contribution in [2.75, 3.05) is 0 Å². The third-order valence-corrected chi connectivity index (χ3v) is 3.95. The zero-order valence-electron chi connectivity index (χ0n) is 9.31. The molecule has 1 aromatic heterocycles. The summed E-state index contributed by atoms with van der Waals surface area (Å²) in [6.07, 6.45) is 0. The highest BCUT2D eigenvalue weighted by Gasteiger charge is 2.11. The van der Waals surface area contributed by atoms with E-state index in [0.29, 0.717) is 13.1 Å². The van der Waals surface area contributed by atoms with Crippen LogP contribution in [0.1, 0.15) is 16.0 Å². The molecule has 0 amide bonds. The van der Waals surface area contributed by atoms with Crippen LogP contribution in [0.5, 0.6) is 0 Å². The van der Waals surface area contributed by atoms with Crippen molar-refractivity contribution < 1.29 is 0 Å². The first kappa shape index (κ1) is 10.5. The fraction of sp³-hybridized carbons (Fsp3) is 0.154. The number of rotatable bonds is 1. The van der Waals surface area contributed by atoms with Gasteiger partial charge in [0.05, 0.1) is 11.9 Å². The van der Waals surface area contributed by atoms with Gasteiger partial charge in [-0.1, -0.05) is 18.2 Å². The molecular weight excluding hydrogens is 230 g/mol. The van der Waals surface area contributed by atoms with Gasteiger partial charge in [-0.05, 0) is 17.0 Å². The zero-order valence-corrected chi connectivity index (χ0v) is 10.1. The van der Waals surface area contributed by atoms with Crippen LogP contribution in [0.3, 0.4) is 0 Å². The molecule has 0 unspecified atom stereocenters. The molecule has 3 nitrogen and oxygen atoms in total. The van der Waals surface area contributed by atoms with Crippen LogP contribution in [-0.2, 0) is 13.1 Å². The summed E-state index contributed by atoms with van der Waals surface area (Å²) in [5.74, 6) is 0. The molecule has 1 aliphatic rings. The fourth-order valence-electron chi connectivity index (χ4n) is 2.16. The molecule has 0 aliphatic carbocycles. The van der Waals surface area contributed by atoms with Crippen LogP contribution in [0, 0.1) is 0 Å². The SMILES string of the molecule is NCc1cccc2c1=NCc1sccc1C=2N. The van der Waals surface area contributed by atoms with Crippen LogP contribution >= 0.6 is 11.3 Å². The van der Waals surface area contributed by atoms with Crippen molar-refractivity contribution in [3.8, 4) is 0 Å². The van der Waals surface area contributed by atoms with E-state index >= 15 is 0 Å². The topological polar surface area (TPSA) is 64.4 Å². The van der Waals surface area contributed by atoms with Gasteiger partial charge in [0.15, 0.2) is 0 Å². The highest BCUT2D eigenvalue weighted by atomic mass is 32.1. The Labute approximate surface area is 103 Å². The van der Waals surface area contributed by atoms with E-state index in [0.717, 1.165) is 27.4 Å². The third-order valence-electron chi connectivity index (χ3n) is 3.05. The number of benzene rings is 1. The summed E-state index contributed by atoms with van der Waals surface area (Å²) < 4.78 is 0. The van der Waals surface area contributed by atoms with Crippen molar-refractivity contribution in [3.05, 3.63) is 56.2 Å². The summed E-state index contributed by atoms with van der Waals surface area (Å²) in [7, 11) is 0. The Balaban J connectivity index is 2.44. The Bertz CT molecular complexity index is 685. The van der Waals surface area contributed by atoms with Gasteiger partial charge in [0, 0.05) is 27.9 Å². The number of fused-ring (bicyclic) bond motifs is 2. The van der Waals surface area contributed by atoms with E-state index in [1.807, 2.05) is 18.2 Å². The number of nitrogens with two attached hydrogens (primary N) is 2. The molecule has 0 saturated heterocycles. The normalized spacial score (nSPS) is 13.6. The first-order valence-electron chi connectivity index (χ1n) is 5.50. The van der Waals surface area contributed by atoms with Crippen LogP contribution in [0.2, 0.25) is 0 Å². The zero-order chi connectivity index (χ0) is 11.8. The van der Waals surface area contributed by atoms with Gasteiger partial charge in [0.25, 0.3) is 0 Å². The lowest BCUT2D eigenvalue weighted by atomic mass is 10.1. The lowest BCUT2D eigenvalue weighted by molar-refractivity contribution is 0.971. The molecule has 0 radical (unpaired) electrons. The molecule has 0 bridgehead atoms. The van der Waals surface area contributed by atoms with Crippen molar-refractivity contribution in [2.45, 2.75) is 13.1 Å². The summed E-state index contributed by atoms with van der Waals surface area (Å²) >= 11 is 1.70. The van der Waals surface area contributed by atoms with Crippen molar-refractivity contribution >= 4 is 17.0 Å². The first-order chi connectivity index (χ1) is 8.31. The summed E-state index contributed by atoms with van der Waals surface area (Å²) in [5, 5.41) is 4.02. The smallest absolute Gasteiger partial charge is 0.0747 e. The standard InChI is InChI=1S/C13H13N3S/c14-6-8-2-1-3-10-12(15)9-4-5-17-11(9)7-16-13(8)10/h1-5H,6-7,14-15H2. The largest absolute Gasteiger partial charge is 0.398 e. The van der Waals surface area contributed by atoms with Crippen LogP contribution in [0.25, 0.3) is 5.70 Å². The molecule has 1 aromatic carbocycles. The second-order valence-corrected chi connectivity index (χ2v) is 5.01. The monoisotopic (exact) mass is 243 g/mol. The van der Waals surface area contributed by atoms with E-state index in [2.05, 4.69) is 16.4 Å². The maximum absolute atomic E-state index is 6.25. The third kappa shape index (κ3) is 1.57. The molecule has 86 valence electrons. The molecule has 0 saturated carbocycles. The van der Waals surface area contributed by atoms with E-state index in [4.69, 9.17) is 11.5 Å². The van der Waals surface area contributed by atoms with Gasteiger partial charge in [-0.25, -0.2) is 0 Å². The van der Waals surface area contributed by atoms with E-state index in [1.165, 1.54) is 4.88 Å². The average Bonchev–Trinajstić information content (AvgIpc) is 2.78. The maximum Gasteiger partial charge on any atom is 0.0747 e. The fourth-order valence-corrected chi connectivity index (χ4v) is 2.97. The van der Waals surface area contributed by atoms with Crippen LogP contribution in [0.4, 0.5) is 0 Å². The Hall–Kier alpha value is -1.65. The number of hydrogen-bond donors (Lipinski definition) is 2. The Morgan fingerprint density at radius 3 is 3.00 bits per heavy atom. The summed E-state index contributed by atoms with van der Waals surface area (Å²) in [4.78, 5) is 5.87. The van der Waals surface area contributed by atoms with E-state index in [9.17, 15) is 0 Å². The number of thiophene rings is 1. The molecule has 2 aromatic rings. The summed E-state index contributed by atoms with van der Waals surface area (Å²) in [6, 6.07) is 8.07. The van der Waals surface area contributed by atoms with Crippen LogP contribution < -0.4 is 22.0 Å². The lowest BCUT2D eigenvalue weighted by Crippen LogP contribution is -2.33. The van der Waals surface area contributed by atoms with Gasteiger partial charge in [-0.3, -0.25) is 4.99 Å². The summed E-state index contributed by atoms with van der Waals surface area (Å²) in [6.45, 7) is 1.19. The van der Waals surface area contributed by atoms with E-state index in [1.54, 1.807) is 11.3 Å². The number of para-hydroxylation sites is 1. The molecule has 0 atom stereocenters. The molecule has 4 N–H and O–H groups in total. The highest BCUT2D eigenvalue weighted by Crippen LogP contribution is 2.21. The number of nitrogens with zero attached hydrogens (tertiary/aromatic N) is 1. The maximum atomic E-state index is 6.25. The second-order valence-electron chi connectivity index (χ2n) is 4.00. The predicted molar refractivity (Wildman–Crippen MR) is 69.8 cm³/mol. The Kier molecular flexibility index (Phi) is 2.46. The van der Waals surface area contributed by atoms with Gasteiger partial charge in [-0.2, -0.15) is 0 Å². The minimum absolute atomic E-state index is 0.494. The molecule has 3 rings (SSSR count). The van der Waals surface area contributed by atoms with Gasteiger partial charge < -0.3 is 11.5 Å². The minimum Gasteiger partial charge on any atom is -0.398 e. The van der Waals surface area contributed by atoms with Gasteiger partial charge in [0.2, 0.25) is 0 Å².